The van der Waals surface area contributed by atoms with E-state index in [1.54, 1.807) is 37.4 Å². The lowest BCUT2D eigenvalue weighted by Gasteiger charge is -2.34. The maximum Gasteiger partial charge on any atom is 0.408 e. The van der Waals surface area contributed by atoms with Gasteiger partial charge in [0.1, 0.15) is 11.6 Å². The van der Waals surface area contributed by atoms with E-state index in [0.717, 1.165) is 25.1 Å². The van der Waals surface area contributed by atoms with Gasteiger partial charge < -0.3 is 20.1 Å². The van der Waals surface area contributed by atoms with Gasteiger partial charge in [0.15, 0.2) is 0 Å². The van der Waals surface area contributed by atoms with Crippen LogP contribution >= 0.6 is 11.8 Å². The van der Waals surface area contributed by atoms with Gasteiger partial charge in [-0.1, -0.05) is 0 Å². The third-order valence-electron chi connectivity index (χ3n) is 4.22. The molecule has 0 bridgehead atoms. The van der Waals surface area contributed by atoms with Crippen molar-refractivity contribution < 1.29 is 19.4 Å². The number of carbonyl (C=O) groups excluding carboxylic acids is 2. The predicted molar refractivity (Wildman–Crippen MR) is 90.2 cm³/mol. The quantitative estimate of drug-likeness (QED) is 0.818. The Labute approximate surface area is 142 Å². The van der Waals surface area contributed by atoms with Gasteiger partial charge in [-0.25, -0.2) is 4.79 Å². The van der Waals surface area contributed by atoms with Crippen LogP contribution in [-0.4, -0.2) is 57.9 Å². The second-order valence-corrected chi connectivity index (χ2v) is 8.41. The summed E-state index contributed by atoms with van der Waals surface area (Å²) in [5.74, 6) is 1.65. The fourth-order valence-corrected chi connectivity index (χ4v) is 3.99. The lowest BCUT2D eigenvalue weighted by atomic mass is 9.82. The average molecular weight is 344 g/mol. The predicted octanol–water partition coefficient (Wildman–Crippen LogP) is 1.96. The lowest BCUT2D eigenvalue weighted by molar-refractivity contribution is -0.134. The molecule has 0 aromatic heterocycles. The van der Waals surface area contributed by atoms with Gasteiger partial charge in [0.25, 0.3) is 0 Å². The minimum atomic E-state index is -0.593. The molecule has 1 aliphatic carbocycles. The van der Waals surface area contributed by atoms with Crippen LogP contribution < -0.4 is 5.32 Å². The average Bonchev–Trinajstić information content (AvgIpc) is 2.97. The Hall–Kier alpha value is -0.950. The van der Waals surface area contributed by atoms with Crippen molar-refractivity contribution in [2.75, 3.05) is 18.2 Å². The molecule has 6 nitrogen and oxygen atoms in total. The van der Waals surface area contributed by atoms with Crippen LogP contribution in [0.3, 0.4) is 0 Å². The van der Waals surface area contributed by atoms with E-state index in [4.69, 9.17) is 4.74 Å². The van der Waals surface area contributed by atoms with E-state index in [1.165, 1.54) is 0 Å². The van der Waals surface area contributed by atoms with E-state index >= 15 is 0 Å². The summed E-state index contributed by atoms with van der Waals surface area (Å²) in [4.78, 5) is 26.7. The number of nitrogens with one attached hydrogen (secondary N) is 1. The first-order valence-electron chi connectivity index (χ1n) is 8.30. The second kappa shape index (κ2) is 7.75. The van der Waals surface area contributed by atoms with Gasteiger partial charge in [-0.3, -0.25) is 4.79 Å². The zero-order valence-electron chi connectivity index (χ0n) is 14.2. The first kappa shape index (κ1) is 18.4. The molecule has 1 atom stereocenters. The van der Waals surface area contributed by atoms with E-state index in [1.807, 2.05) is 0 Å². The first-order chi connectivity index (χ1) is 10.8. The van der Waals surface area contributed by atoms with Crippen LogP contribution in [0.15, 0.2) is 0 Å². The molecule has 0 radical (unpaired) electrons. The molecule has 23 heavy (non-hydrogen) atoms. The van der Waals surface area contributed by atoms with E-state index in [-0.39, 0.29) is 17.9 Å². The summed E-state index contributed by atoms with van der Waals surface area (Å²) < 4.78 is 5.32. The molecule has 0 aromatic rings. The standard InChI is InChI=1S/C16H28N2O4S/c1-16(2,3)22-15(21)17-13(11-4-6-12(19)7-5-11)14(20)18-8-9-23-10-18/h11-13,19H,4-10H2,1-3H3,(H,17,21). The van der Waals surface area contributed by atoms with Gasteiger partial charge in [0.05, 0.1) is 12.0 Å². The molecule has 1 unspecified atom stereocenters. The number of carbonyl (C=O) groups is 2. The highest BCUT2D eigenvalue weighted by molar-refractivity contribution is 7.99. The number of hydrogen-bond donors (Lipinski definition) is 2. The maximum absolute atomic E-state index is 12.8. The SMILES string of the molecule is CC(C)(C)OC(=O)NC(C(=O)N1CCSC1)C1CCC(O)CC1. The molecule has 2 rings (SSSR count). The highest BCUT2D eigenvalue weighted by atomic mass is 32.2. The number of rotatable bonds is 3. The largest absolute Gasteiger partial charge is 0.444 e. The van der Waals surface area contributed by atoms with Crippen LogP contribution in [-0.2, 0) is 9.53 Å². The molecule has 1 saturated heterocycles. The topological polar surface area (TPSA) is 78.9 Å². The third kappa shape index (κ3) is 5.57. The summed E-state index contributed by atoms with van der Waals surface area (Å²) in [6, 6.07) is -0.559. The zero-order valence-corrected chi connectivity index (χ0v) is 15.0. The number of amides is 2. The molecule has 2 N–H and O–H groups in total. The Morgan fingerprint density at radius 2 is 1.91 bits per heavy atom. The summed E-state index contributed by atoms with van der Waals surface area (Å²) >= 11 is 1.72. The van der Waals surface area contributed by atoms with Gasteiger partial charge in [-0.15, -0.1) is 11.8 Å². The zero-order chi connectivity index (χ0) is 17.0. The number of aliphatic hydroxyl groups excluding tert-OH is 1. The van der Waals surface area contributed by atoms with Crippen LogP contribution in [0.2, 0.25) is 0 Å². The fourth-order valence-electron chi connectivity index (χ4n) is 3.04. The van der Waals surface area contributed by atoms with E-state index in [0.29, 0.717) is 18.7 Å². The van der Waals surface area contributed by atoms with Gasteiger partial charge in [-0.05, 0) is 52.4 Å². The molecule has 2 fully saturated rings. The molecule has 1 saturated carbocycles. The highest BCUT2D eigenvalue weighted by Gasteiger charge is 2.37. The first-order valence-corrected chi connectivity index (χ1v) is 9.46. The fraction of sp³-hybridized carbons (Fsp3) is 0.875. The molecule has 7 heteroatoms. The van der Waals surface area contributed by atoms with Crippen LogP contribution in [0.25, 0.3) is 0 Å². The number of nitrogens with zero attached hydrogens (tertiary/aromatic N) is 1. The highest BCUT2D eigenvalue weighted by Crippen LogP contribution is 2.29. The molecular formula is C16H28N2O4S. The molecule has 0 spiro atoms. The Balaban J connectivity index is 2.04. The number of aliphatic hydroxyl groups is 1. The molecule has 1 heterocycles. The number of ether oxygens (including phenoxy) is 1. The van der Waals surface area contributed by atoms with Crippen molar-refractivity contribution >= 4 is 23.8 Å². The van der Waals surface area contributed by atoms with Crippen LogP contribution in [0, 0.1) is 5.92 Å². The van der Waals surface area contributed by atoms with Crippen molar-refractivity contribution in [1.82, 2.24) is 10.2 Å². The summed E-state index contributed by atoms with van der Waals surface area (Å²) in [5.41, 5.74) is -0.593. The van der Waals surface area contributed by atoms with Crippen molar-refractivity contribution in [3.8, 4) is 0 Å². The minimum Gasteiger partial charge on any atom is -0.444 e. The number of hydrogen-bond acceptors (Lipinski definition) is 5. The van der Waals surface area contributed by atoms with Crippen LogP contribution in [0.4, 0.5) is 4.79 Å². The lowest BCUT2D eigenvalue weighted by Crippen LogP contribution is -2.53. The Morgan fingerprint density at radius 3 is 2.43 bits per heavy atom. The Bertz CT molecular complexity index is 424. The van der Waals surface area contributed by atoms with E-state index < -0.39 is 17.7 Å². The molecule has 1 aliphatic heterocycles. The second-order valence-electron chi connectivity index (χ2n) is 7.33. The smallest absolute Gasteiger partial charge is 0.408 e. The molecule has 132 valence electrons. The molecule has 0 aromatic carbocycles. The summed E-state index contributed by atoms with van der Waals surface area (Å²) in [5, 5.41) is 12.5. The van der Waals surface area contributed by atoms with Gasteiger partial charge in [0, 0.05) is 12.3 Å². The molecular weight excluding hydrogens is 316 g/mol. The van der Waals surface area contributed by atoms with Gasteiger partial charge >= 0.3 is 6.09 Å². The van der Waals surface area contributed by atoms with Crippen molar-refractivity contribution in [3.63, 3.8) is 0 Å². The van der Waals surface area contributed by atoms with Crippen molar-refractivity contribution in [3.05, 3.63) is 0 Å². The van der Waals surface area contributed by atoms with Crippen molar-refractivity contribution in [2.45, 2.75) is 64.2 Å². The molecule has 2 amide bonds. The number of thioether (sulfide) groups is 1. The van der Waals surface area contributed by atoms with Crippen LogP contribution in [0.1, 0.15) is 46.5 Å². The summed E-state index contributed by atoms with van der Waals surface area (Å²) in [7, 11) is 0. The normalized spacial score (nSPS) is 26.7. The summed E-state index contributed by atoms with van der Waals surface area (Å²) in [6.45, 7) is 6.14. The number of alkyl carbamates (subject to hydrolysis) is 1. The third-order valence-corrected chi connectivity index (χ3v) is 5.18. The van der Waals surface area contributed by atoms with Gasteiger partial charge in [-0.2, -0.15) is 0 Å². The summed E-state index contributed by atoms with van der Waals surface area (Å²) in [6.07, 6.45) is 2.01. The van der Waals surface area contributed by atoms with Crippen molar-refractivity contribution in [1.29, 1.82) is 0 Å². The maximum atomic E-state index is 12.8. The monoisotopic (exact) mass is 344 g/mol. The minimum absolute atomic E-state index is 0.0257. The van der Waals surface area contributed by atoms with Crippen molar-refractivity contribution in [2.24, 2.45) is 5.92 Å². The van der Waals surface area contributed by atoms with Crippen LogP contribution in [0.5, 0.6) is 0 Å². The van der Waals surface area contributed by atoms with E-state index in [9.17, 15) is 14.7 Å². The van der Waals surface area contributed by atoms with Gasteiger partial charge in [0.2, 0.25) is 5.91 Å². The Kier molecular flexibility index (Phi) is 6.19. The Morgan fingerprint density at radius 1 is 1.26 bits per heavy atom. The van der Waals surface area contributed by atoms with E-state index in [2.05, 4.69) is 5.32 Å². The molecule has 2 aliphatic rings.